The molecule has 3 saturated heterocycles. The van der Waals surface area contributed by atoms with Gasteiger partial charge in [0.25, 0.3) is 0 Å². The molecule has 0 radical (unpaired) electrons. The van der Waals surface area contributed by atoms with Crippen molar-refractivity contribution in [1.82, 2.24) is 20.0 Å². The van der Waals surface area contributed by atoms with Crippen LogP contribution >= 0.6 is 12.4 Å². The molecular weight excluding hydrogens is 328 g/mol. The van der Waals surface area contributed by atoms with Crippen LogP contribution in [0.3, 0.4) is 0 Å². The highest BCUT2D eigenvalue weighted by molar-refractivity contribution is 5.85. The molecule has 0 saturated carbocycles. The van der Waals surface area contributed by atoms with Gasteiger partial charge in [-0.05, 0) is 45.7 Å². The van der Waals surface area contributed by atoms with Crippen molar-refractivity contribution in [2.24, 2.45) is 5.92 Å². The second-order valence-electron chi connectivity index (χ2n) is 7.09. The maximum atomic E-state index is 12.6. The van der Waals surface area contributed by atoms with Gasteiger partial charge in [-0.3, -0.25) is 14.5 Å². The van der Waals surface area contributed by atoms with Gasteiger partial charge in [-0.1, -0.05) is 0 Å². The number of carbonyl (C=O) groups excluding carboxylic acids is 2. The van der Waals surface area contributed by atoms with E-state index in [1.807, 2.05) is 16.7 Å². The van der Waals surface area contributed by atoms with E-state index in [4.69, 9.17) is 0 Å². The molecule has 6 nitrogen and oxygen atoms in total. The van der Waals surface area contributed by atoms with Crippen molar-refractivity contribution in [1.29, 1.82) is 0 Å². The maximum absolute atomic E-state index is 12.6. The molecule has 3 rings (SSSR count). The minimum absolute atomic E-state index is 0. The monoisotopic (exact) mass is 358 g/mol. The molecular formula is C17H31ClN4O2. The standard InChI is InChI=1S/C17H30N4O2.ClH/c1-14(16(22)20-8-2-3-9-20)19-10-12-21(13-11-19)17(23)15-4-6-18-7-5-15;/h14-15,18H,2-13H2,1H3;1H. The van der Waals surface area contributed by atoms with Crippen molar-refractivity contribution in [2.45, 2.75) is 38.6 Å². The number of piperazine rings is 1. The Kier molecular flexibility index (Phi) is 7.32. The molecule has 24 heavy (non-hydrogen) atoms. The molecule has 0 bridgehead atoms. The van der Waals surface area contributed by atoms with Gasteiger partial charge in [-0.15, -0.1) is 12.4 Å². The molecule has 0 aromatic heterocycles. The minimum atomic E-state index is -0.0516. The van der Waals surface area contributed by atoms with Gasteiger partial charge in [0, 0.05) is 45.2 Å². The third kappa shape index (κ3) is 4.41. The van der Waals surface area contributed by atoms with E-state index in [1.165, 1.54) is 0 Å². The smallest absolute Gasteiger partial charge is 0.239 e. The Morgan fingerprint density at radius 1 is 0.917 bits per heavy atom. The normalized spacial score (nSPS) is 24.5. The first-order valence-electron chi connectivity index (χ1n) is 9.19. The lowest BCUT2D eigenvalue weighted by molar-refractivity contribution is -0.140. The van der Waals surface area contributed by atoms with Crippen molar-refractivity contribution in [3.8, 4) is 0 Å². The third-order valence-electron chi connectivity index (χ3n) is 5.64. The van der Waals surface area contributed by atoms with E-state index in [9.17, 15) is 9.59 Å². The summed E-state index contributed by atoms with van der Waals surface area (Å²) in [6.45, 7) is 8.92. The molecule has 0 spiro atoms. The Hall–Kier alpha value is -0.850. The first-order valence-corrected chi connectivity index (χ1v) is 9.19. The molecule has 0 aromatic carbocycles. The predicted molar refractivity (Wildman–Crippen MR) is 96.3 cm³/mol. The maximum Gasteiger partial charge on any atom is 0.239 e. The van der Waals surface area contributed by atoms with Crippen LogP contribution in [-0.2, 0) is 9.59 Å². The highest BCUT2D eigenvalue weighted by atomic mass is 35.5. The van der Waals surface area contributed by atoms with E-state index < -0.39 is 0 Å². The van der Waals surface area contributed by atoms with Gasteiger partial charge in [-0.2, -0.15) is 0 Å². The van der Waals surface area contributed by atoms with Gasteiger partial charge < -0.3 is 15.1 Å². The Bertz CT molecular complexity index is 428. The number of hydrogen-bond donors (Lipinski definition) is 1. The molecule has 138 valence electrons. The zero-order valence-corrected chi connectivity index (χ0v) is 15.5. The topological polar surface area (TPSA) is 55.9 Å². The van der Waals surface area contributed by atoms with E-state index >= 15 is 0 Å². The minimum Gasteiger partial charge on any atom is -0.341 e. The molecule has 7 heteroatoms. The van der Waals surface area contributed by atoms with E-state index in [0.717, 1.165) is 78.0 Å². The summed E-state index contributed by atoms with van der Waals surface area (Å²) in [6.07, 6.45) is 4.19. The second kappa shape index (κ2) is 9.02. The fraction of sp³-hybridized carbons (Fsp3) is 0.882. The van der Waals surface area contributed by atoms with E-state index in [2.05, 4.69) is 10.2 Å². The van der Waals surface area contributed by atoms with Crippen LogP contribution in [0.25, 0.3) is 0 Å². The fourth-order valence-corrected chi connectivity index (χ4v) is 4.01. The van der Waals surface area contributed by atoms with Gasteiger partial charge in [0.05, 0.1) is 6.04 Å². The molecule has 1 atom stereocenters. The van der Waals surface area contributed by atoms with E-state index in [1.54, 1.807) is 0 Å². The molecule has 1 unspecified atom stereocenters. The summed E-state index contributed by atoms with van der Waals surface area (Å²) >= 11 is 0. The molecule has 0 aliphatic carbocycles. The quantitative estimate of drug-likeness (QED) is 0.801. The Labute approximate surface area is 151 Å². The van der Waals surface area contributed by atoms with Gasteiger partial charge in [0.2, 0.25) is 11.8 Å². The molecule has 1 N–H and O–H groups in total. The van der Waals surface area contributed by atoms with Crippen LogP contribution in [0.4, 0.5) is 0 Å². The average Bonchev–Trinajstić information content (AvgIpc) is 3.15. The zero-order chi connectivity index (χ0) is 16.2. The lowest BCUT2D eigenvalue weighted by atomic mass is 9.96. The molecule has 3 aliphatic rings. The van der Waals surface area contributed by atoms with Crippen molar-refractivity contribution in [3.05, 3.63) is 0 Å². The van der Waals surface area contributed by atoms with Crippen LogP contribution < -0.4 is 5.32 Å². The van der Waals surface area contributed by atoms with Crippen LogP contribution in [0.15, 0.2) is 0 Å². The number of hydrogen-bond acceptors (Lipinski definition) is 4. The molecule has 3 heterocycles. The lowest BCUT2D eigenvalue weighted by Gasteiger charge is -2.40. The van der Waals surface area contributed by atoms with Crippen molar-refractivity contribution in [2.75, 3.05) is 52.4 Å². The summed E-state index contributed by atoms with van der Waals surface area (Å²) in [5.41, 5.74) is 0. The summed E-state index contributed by atoms with van der Waals surface area (Å²) in [7, 11) is 0. The predicted octanol–water partition coefficient (Wildman–Crippen LogP) is 0.563. The molecule has 3 fully saturated rings. The van der Waals surface area contributed by atoms with Crippen LogP contribution in [0.2, 0.25) is 0 Å². The molecule has 0 aromatic rings. The number of carbonyl (C=O) groups is 2. The molecule has 3 aliphatic heterocycles. The summed E-state index contributed by atoms with van der Waals surface area (Å²) in [5.74, 6) is 0.789. The number of nitrogens with one attached hydrogen (secondary N) is 1. The van der Waals surface area contributed by atoms with Gasteiger partial charge in [0.1, 0.15) is 0 Å². The highest BCUT2D eigenvalue weighted by Crippen LogP contribution is 2.18. The number of halogens is 1. The zero-order valence-electron chi connectivity index (χ0n) is 14.7. The van der Waals surface area contributed by atoms with Crippen LogP contribution in [0, 0.1) is 5.92 Å². The lowest BCUT2D eigenvalue weighted by Crippen LogP contribution is -2.56. The first kappa shape index (κ1) is 19.5. The summed E-state index contributed by atoms with van der Waals surface area (Å²) in [6, 6.07) is -0.0516. The summed E-state index contributed by atoms with van der Waals surface area (Å²) in [5, 5.41) is 3.31. The largest absolute Gasteiger partial charge is 0.341 e. The van der Waals surface area contributed by atoms with Crippen molar-refractivity contribution < 1.29 is 9.59 Å². The number of amides is 2. The van der Waals surface area contributed by atoms with Crippen molar-refractivity contribution in [3.63, 3.8) is 0 Å². The van der Waals surface area contributed by atoms with Crippen molar-refractivity contribution >= 4 is 24.2 Å². The number of piperidine rings is 1. The number of nitrogens with zero attached hydrogens (tertiary/aromatic N) is 3. The van der Waals surface area contributed by atoms with Crippen LogP contribution in [0.1, 0.15) is 32.6 Å². The first-order chi connectivity index (χ1) is 11.2. The van der Waals surface area contributed by atoms with Crippen LogP contribution in [-0.4, -0.2) is 84.9 Å². The fourth-order valence-electron chi connectivity index (χ4n) is 4.01. The second-order valence-corrected chi connectivity index (χ2v) is 7.09. The third-order valence-corrected chi connectivity index (χ3v) is 5.64. The SMILES string of the molecule is CC(C(=O)N1CCCC1)N1CCN(C(=O)C2CCNCC2)CC1.Cl. The summed E-state index contributed by atoms with van der Waals surface area (Å²) in [4.78, 5) is 31.3. The number of rotatable bonds is 3. The van der Waals surface area contributed by atoms with E-state index in [0.29, 0.717) is 5.91 Å². The Morgan fingerprint density at radius 3 is 2.08 bits per heavy atom. The molecule has 2 amide bonds. The van der Waals surface area contributed by atoms with Gasteiger partial charge >= 0.3 is 0 Å². The van der Waals surface area contributed by atoms with E-state index in [-0.39, 0.29) is 30.3 Å². The average molecular weight is 359 g/mol. The highest BCUT2D eigenvalue weighted by Gasteiger charge is 2.32. The summed E-state index contributed by atoms with van der Waals surface area (Å²) < 4.78 is 0. The Balaban J connectivity index is 0.00000208. The Morgan fingerprint density at radius 2 is 1.50 bits per heavy atom. The van der Waals surface area contributed by atoms with Gasteiger partial charge in [-0.25, -0.2) is 0 Å². The van der Waals surface area contributed by atoms with Gasteiger partial charge in [0.15, 0.2) is 0 Å². The number of likely N-dealkylation sites (tertiary alicyclic amines) is 1. The van der Waals surface area contributed by atoms with Crippen LogP contribution in [0.5, 0.6) is 0 Å².